The molecule has 3 aromatic rings. The van der Waals surface area contributed by atoms with Gasteiger partial charge in [0.25, 0.3) is 0 Å². The Balaban J connectivity index is 1.52. The van der Waals surface area contributed by atoms with E-state index in [9.17, 15) is 5.11 Å². The number of anilines is 1. The number of piperidine rings is 1. The topological polar surface area (TPSA) is 67.1 Å². The molecule has 0 aliphatic carbocycles. The van der Waals surface area contributed by atoms with Gasteiger partial charge in [-0.05, 0) is 42.7 Å². The summed E-state index contributed by atoms with van der Waals surface area (Å²) >= 11 is 0. The second kappa shape index (κ2) is 7.66. The van der Waals surface area contributed by atoms with E-state index in [0.29, 0.717) is 5.92 Å². The van der Waals surface area contributed by atoms with Crippen LogP contribution in [0.25, 0.3) is 0 Å². The molecule has 26 heavy (non-hydrogen) atoms. The van der Waals surface area contributed by atoms with Gasteiger partial charge in [0.2, 0.25) is 0 Å². The van der Waals surface area contributed by atoms with Gasteiger partial charge in [-0.1, -0.05) is 6.07 Å². The van der Waals surface area contributed by atoms with Crippen molar-refractivity contribution in [2.75, 3.05) is 18.0 Å². The van der Waals surface area contributed by atoms with Crippen LogP contribution < -0.4 is 4.90 Å². The molecule has 134 valence electrons. The zero-order valence-electron chi connectivity index (χ0n) is 14.7. The summed E-state index contributed by atoms with van der Waals surface area (Å²) in [6.45, 7) is 2.66. The minimum Gasteiger partial charge on any atom is -0.392 e. The Bertz CT molecular complexity index is 848. The summed E-state index contributed by atoms with van der Waals surface area (Å²) in [6, 6.07) is 9.82. The second-order valence-corrected chi connectivity index (χ2v) is 6.70. The van der Waals surface area contributed by atoms with E-state index in [0.717, 1.165) is 55.4 Å². The highest BCUT2D eigenvalue weighted by molar-refractivity contribution is 5.42. The Morgan fingerprint density at radius 1 is 1.08 bits per heavy atom. The molecule has 1 atom stereocenters. The van der Waals surface area contributed by atoms with Crippen molar-refractivity contribution in [2.24, 2.45) is 0 Å². The van der Waals surface area contributed by atoms with Gasteiger partial charge in [0.05, 0.1) is 18.8 Å². The summed E-state index contributed by atoms with van der Waals surface area (Å²) < 4.78 is 2.20. The molecule has 1 aliphatic heterocycles. The number of nitrogens with zero attached hydrogens (tertiary/aromatic N) is 5. The Morgan fingerprint density at radius 3 is 2.88 bits per heavy atom. The molecule has 0 saturated carbocycles. The van der Waals surface area contributed by atoms with Crippen LogP contribution in [0.3, 0.4) is 0 Å². The van der Waals surface area contributed by atoms with E-state index in [1.807, 2.05) is 48.9 Å². The van der Waals surface area contributed by atoms with E-state index in [4.69, 9.17) is 0 Å². The molecule has 3 aromatic heterocycles. The number of pyridine rings is 2. The maximum atomic E-state index is 9.37. The highest BCUT2D eigenvalue weighted by Crippen LogP contribution is 2.29. The van der Waals surface area contributed by atoms with Gasteiger partial charge in [-0.2, -0.15) is 0 Å². The fourth-order valence-corrected chi connectivity index (χ4v) is 3.61. The van der Waals surface area contributed by atoms with Gasteiger partial charge in [-0.15, -0.1) is 0 Å². The standard InChI is InChI=1S/C20H23N5O/c26-15-16-6-8-22-19(12-16)24-10-3-4-17(13-24)20-23-9-11-25(20)14-18-5-1-2-7-21-18/h1-2,5-9,11-12,17,26H,3-4,10,13-15H2/t17-/m0/s1. The van der Waals surface area contributed by atoms with Crippen molar-refractivity contribution in [2.45, 2.75) is 31.9 Å². The van der Waals surface area contributed by atoms with E-state index in [-0.39, 0.29) is 6.61 Å². The van der Waals surface area contributed by atoms with Crippen LogP contribution in [-0.4, -0.2) is 37.7 Å². The highest BCUT2D eigenvalue weighted by atomic mass is 16.3. The summed E-state index contributed by atoms with van der Waals surface area (Å²) in [5.74, 6) is 2.41. The summed E-state index contributed by atoms with van der Waals surface area (Å²) in [5, 5.41) is 9.37. The Hall–Kier alpha value is -2.73. The maximum Gasteiger partial charge on any atom is 0.128 e. The molecular formula is C20H23N5O. The van der Waals surface area contributed by atoms with Gasteiger partial charge in [-0.25, -0.2) is 9.97 Å². The first kappa shape index (κ1) is 16.7. The lowest BCUT2D eigenvalue weighted by molar-refractivity contribution is 0.281. The number of aliphatic hydroxyl groups is 1. The molecule has 1 saturated heterocycles. The first-order chi connectivity index (χ1) is 12.8. The molecule has 6 nitrogen and oxygen atoms in total. The number of hydrogen-bond acceptors (Lipinski definition) is 5. The monoisotopic (exact) mass is 349 g/mol. The van der Waals surface area contributed by atoms with Gasteiger partial charge >= 0.3 is 0 Å². The molecule has 0 spiro atoms. The number of hydrogen-bond donors (Lipinski definition) is 1. The predicted octanol–water partition coefficient (Wildman–Crippen LogP) is 2.60. The third-order valence-corrected chi connectivity index (χ3v) is 4.91. The normalized spacial score (nSPS) is 17.4. The second-order valence-electron chi connectivity index (χ2n) is 6.70. The highest BCUT2D eigenvalue weighted by Gasteiger charge is 2.25. The van der Waals surface area contributed by atoms with Crippen LogP contribution in [0.1, 0.15) is 35.8 Å². The smallest absolute Gasteiger partial charge is 0.128 e. The molecule has 1 fully saturated rings. The molecule has 1 N–H and O–H groups in total. The molecule has 4 rings (SSSR count). The van der Waals surface area contributed by atoms with Crippen molar-refractivity contribution >= 4 is 5.82 Å². The van der Waals surface area contributed by atoms with Gasteiger partial charge in [-0.3, -0.25) is 4.98 Å². The SMILES string of the molecule is OCc1ccnc(N2CCC[C@H](c3nccn3Cc3ccccn3)C2)c1. The minimum atomic E-state index is 0.0429. The molecule has 0 amide bonds. The lowest BCUT2D eigenvalue weighted by Gasteiger charge is -2.33. The van der Waals surface area contributed by atoms with Crippen molar-refractivity contribution in [3.63, 3.8) is 0 Å². The number of aliphatic hydroxyl groups excluding tert-OH is 1. The minimum absolute atomic E-state index is 0.0429. The predicted molar refractivity (Wildman–Crippen MR) is 99.9 cm³/mol. The fourth-order valence-electron chi connectivity index (χ4n) is 3.61. The molecule has 0 bridgehead atoms. The van der Waals surface area contributed by atoms with Crippen LogP contribution in [0.4, 0.5) is 5.82 Å². The lowest BCUT2D eigenvalue weighted by atomic mass is 9.97. The zero-order valence-corrected chi connectivity index (χ0v) is 14.7. The van der Waals surface area contributed by atoms with Crippen LogP contribution in [0.2, 0.25) is 0 Å². The van der Waals surface area contributed by atoms with E-state index in [1.165, 1.54) is 0 Å². The Labute approximate surface area is 153 Å². The van der Waals surface area contributed by atoms with E-state index in [1.54, 1.807) is 6.20 Å². The van der Waals surface area contributed by atoms with Crippen LogP contribution in [0.5, 0.6) is 0 Å². The average Bonchev–Trinajstić information content (AvgIpc) is 3.17. The molecule has 0 aromatic carbocycles. The van der Waals surface area contributed by atoms with Crippen molar-refractivity contribution in [1.82, 2.24) is 19.5 Å². The van der Waals surface area contributed by atoms with Crippen molar-refractivity contribution in [1.29, 1.82) is 0 Å². The average molecular weight is 349 g/mol. The fraction of sp³-hybridized carbons (Fsp3) is 0.350. The Morgan fingerprint density at radius 2 is 2.04 bits per heavy atom. The third kappa shape index (κ3) is 3.60. The molecule has 0 unspecified atom stereocenters. The summed E-state index contributed by atoms with van der Waals surface area (Å²) in [6.07, 6.45) is 9.73. The third-order valence-electron chi connectivity index (χ3n) is 4.91. The van der Waals surface area contributed by atoms with Gasteiger partial charge in [0, 0.05) is 43.8 Å². The van der Waals surface area contributed by atoms with Crippen LogP contribution in [-0.2, 0) is 13.2 Å². The molecule has 6 heteroatoms. The molecule has 4 heterocycles. The maximum absolute atomic E-state index is 9.37. The summed E-state index contributed by atoms with van der Waals surface area (Å²) in [4.78, 5) is 15.9. The van der Waals surface area contributed by atoms with Crippen molar-refractivity contribution in [3.05, 3.63) is 72.2 Å². The van der Waals surface area contributed by atoms with Crippen molar-refractivity contribution < 1.29 is 5.11 Å². The molecule has 0 radical (unpaired) electrons. The van der Waals surface area contributed by atoms with Crippen molar-refractivity contribution in [3.8, 4) is 0 Å². The number of rotatable bonds is 5. The Kier molecular flexibility index (Phi) is 4.93. The van der Waals surface area contributed by atoms with E-state index >= 15 is 0 Å². The van der Waals surface area contributed by atoms with Gasteiger partial charge in [0.1, 0.15) is 11.6 Å². The van der Waals surface area contributed by atoms with E-state index in [2.05, 4.69) is 24.4 Å². The quantitative estimate of drug-likeness (QED) is 0.767. The number of imidazole rings is 1. The summed E-state index contributed by atoms with van der Waals surface area (Å²) in [7, 11) is 0. The van der Waals surface area contributed by atoms with E-state index < -0.39 is 0 Å². The lowest BCUT2D eigenvalue weighted by Crippen LogP contribution is -2.36. The van der Waals surface area contributed by atoms with Gasteiger partial charge < -0.3 is 14.6 Å². The molecule has 1 aliphatic rings. The van der Waals surface area contributed by atoms with Crippen LogP contribution >= 0.6 is 0 Å². The van der Waals surface area contributed by atoms with Gasteiger partial charge in [0.15, 0.2) is 0 Å². The van der Waals surface area contributed by atoms with Crippen LogP contribution in [0.15, 0.2) is 55.1 Å². The zero-order chi connectivity index (χ0) is 17.8. The first-order valence-electron chi connectivity index (χ1n) is 9.05. The molecular weight excluding hydrogens is 326 g/mol. The largest absolute Gasteiger partial charge is 0.392 e. The van der Waals surface area contributed by atoms with Crippen LogP contribution in [0, 0.1) is 0 Å². The summed E-state index contributed by atoms with van der Waals surface area (Å²) in [5.41, 5.74) is 1.94. The number of aromatic nitrogens is 4. The first-order valence-corrected chi connectivity index (χ1v) is 9.05.